The summed E-state index contributed by atoms with van der Waals surface area (Å²) in [6, 6.07) is 6.64. The number of rotatable bonds is 4. The van der Waals surface area contributed by atoms with E-state index < -0.39 is 6.43 Å². The molecule has 0 N–H and O–H groups in total. The predicted octanol–water partition coefficient (Wildman–Crippen LogP) is 3.92. The lowest BCUT2D eigenvalue weighted by Gasteiger charge is -2.11. The molecule has 0 aliphatic rings. The van der Waals surface area contributed by atoms with E-state index in [1.165, 1.54) is 18.5 Å². The van der Waals surface area contributed by atoms with Crippen LogP contribution in [0.3, 0.4) is 0 Å². The summed E-state index contributed by atoms with van der Waals surface area (Å²) >= 11 is 5.71. The van der Waals surface area contributed by atoms with Crippen LogP contribution in [-0.2, 0) is 0 Å². The molecule has 0 aliphatic carbocycles. The van der Waals surface area contributed by atoms with E-state index in [9.17, 15) is 14.0 Å². The van der Waals surface area contributed by atoms with Gasteiger partial charge < -0.3 is 4.74 Å². The lowest BCUT2D eigenvalue weighted by Crippen LogP contribution is -2.02. The van der Waals surface area contributed by atoms with Crippen molar-refractivity contribution >= 4 is 11.6 Å². The zero-order valence-corrected chi connectivity index (χ0v) is 12.7. The minimum Gasteiger partial charge on any atom is -0.422 e. The summed E-state index contributed by atoms with van der Waals surface area (Å²) in [7, 11) is 0. The fraction of sp³-hybridized carbons (Fsp3) is 0.0667. The van der Waals surface area contributed by atoms with Crippen molar-refractivity contribution in [2.45, 2.75) is 6.43 Å². The van der Waals surface area contributed by atoms with E-state index in [-0.39, 0.29) is 28.6 Å². The molecule has 0 radical (unpaired) electrons. The Morgan fingerprint density at radius 2 is 1.96 bits per heavy atom. The highest BCUT2D eigenvalue weighted by Crippen LogP contribution is 2.30. The number of hydrogen-bond donors (Lipinski definition) is 0. The van der Waals surface area contributed by atoms with Gasteiger partial charge in [-0.3, -0.25) is 0 Å². The minimum absolute atomic E-state index is 0.00280. The van der Waals surface area contributed by atoms with Gasteiger partial charge in [-0.25, -0.2) is 23.4 Å². The van der Waals surface area contributed by atoms with Crippen molar-refractivity contribution in [2.75, 3.05) is 0 Å². The molecule has 0 saturated heterocycles. The van der Waals surface area contributed by atoms with Crippen LogP contribution in [0.5, 0.6) is 11.8 Å². The zero-order chi connectivity index (χ0) is 17.1. The molecular weight excluding hydrogens is 340 g/mol. The third-order valence-corrected chi connectivity index (χ3v) is 3.20. The number of para-hydroxylation sites is 1. The summed E-state index contributed by atoms with van der Waals surface area (Å²) in [5.41, 5.74) is 0.146. The van der Waals surface area contributed by atoms with E-state index in [1.807, 2.05) is 6.07 Å². The van der Waals surface area contributed by atoms with Gasteiger partial charge in [0.05, 0.1) is 34.7 Å². The van der Waals surface area contributed by atoms with Gasteiger partial charge in [-0.05, 0) is 12.1 Å². The largest absolute Gasteiger partial charge is 0.422 e. The van der Waals surface area contributed by atoms with Crippen LogP contribution in [-0.4, -0.2) is 19.7 Å². The molecule has 3 rings (SSSR count). The molecule has 0 fully saturated rings. The molecule has 9 heteroatoms. The van der Waals surface area contributed by atoms with Crippen LogP contribution in [0.25, 0.3) is 5.69 Å². The Hall–Kier alpha value is -3.05. The topological polar surface area (TPSA) is 76.6 Å². The number of benzene rings is 1. The standard InChI is InChI=1S/C15H8ClF2N5O/c16-11-6-20-15(21-7-11)24-12-3-1-2-9(4-19)13(12)23-8-10(5-22-23)14(17)18/h1-3,5-8,14H. The number of aromatic nitrogens is 4. The van der Waals surface area contributed by atoms with Crippen molar-refractivity contribution in [1.29, 1.82) is 5.26 Å². The highest BCUT2D eigenvalue weighted by Gasteiger charge is 2.17. The van der Waals surface area contributed by atoms with Crippen LogP contribution >= 0.6 is 11.6 Å². The smallest absolute Gasteiger partial charge is 0.322 e. The van der Waals surface area contributed by atoms with E-state index in [2.05, 4.69) is 15.1 Å². The van der Waals surface area contributed by atoms with Crippen molar-refractivity contribution < 1.29 is 13.5 Å². The van der Waals surface area contributed by atoms with E-state index >= 15 is 0 Å². The molecule has 2 heterocycles. The Labute approximate surface area is 139 Å². The second-order valence-corrected chi connectivity index (χ2v) is 5.01. The summed E-state index contributed by atoms with van der Waals surface area (Å²) in [6.45, 7) is 0. The molecule has 2 aromatic heterocycles. The normalized spacial score (nSPS) is 10.6. The number of halogens is 3. The van der Waals surface area contributed by atoms with Gasteiger partial charge >= 0.3 is 6.01 Å². The Kier molecular flexibility index (Phi) is 4.35. The SMILES string of the molecule is N#Cc1cccc(Oc2ncc(Cl)cn2)c1-n1cc(C(F)F)cn1. The molecule has 0 bridgehead atoms. The molecule has 0 aliphatic heterocycles. The Balaban J connectivity index is 2.06. The third kappa shape index (κ3) is 3.16. The Bertz CT molecular complexity index is 905. The molecule has 0 amide bonds. The van der Waals surface area contributed by atoms with Crippen LogP contribution in [0.15, 0.2) is 43.0 Å². The number of hydrogen-bond acceptors (Lipinski definition) is 5. The van der Waals surface area contributed by atoms with Crippen molar-refractivity contribution in [3.05, 3.63) is 59.1 Å². The average Bonchev–Trinajstić information content (AvgIpc) is 3.06. The molecule has 24 heavy (non-hydrogen) atoms. The van der Waals surface area contributed by atoms with Crippen molar-refractivity contribution in [1.82, 2.24) is 19.7 Å². The quantitative estimate of drug-likeness (QED) is 0.715. The average molecular weight is 348 g/mol. The van der Waals surface area contributed by atoms with Crippen molar-refractivity contribution in [3.63, 3.8) is 0 Å². The number of nitrogens with zero attached hydrogens (tertiary/aromatic N) is 5. The fourth-order valence-corrected chi connectivity index (χ4v) is 2.05. The molecular formula is C15H8ClF2N5O. The van der Waals surface area contributed by atoms with E-state index in [0.717, 1.165) is 17.1 Å². The van der Waals surface area contributed by atoms with Gasteiger partial charge in [-0.2, -0.15) is 10.4 Å². The zero-order valence-electron chi connectivity index (χ0n) is 11.9. The maximum absolute atomic E-state index is 12.8. The summed E-state index contributed by atoms with van der Waals surface area (Å²) in [5.74, 6) is 0.195. The molecule has 120 valence electrons. The predicted molar refractivity (Wildman–Crippen MR) is 80.4 cm³/mol. The first-order valence-corrected chi connectivity index (χ1v) is 6.98. The van der Waals surface area contributed by atoms with E-state index in [1.54, 1.807) is 12.1 Å². The summed E-state index contributed by atoms with van der Waals surface area (Å²) < 4.78 is 32.3. The van der Waals surface area contributed by atoms with Crippen LogP contribution in [0, 0.1) is 11.3 Å². The first kappa shape index (κ1) is 15.8. The summed E-state index contributed by atoms with van der Waals surface area (Å²) in [6.07, 6.45) is 2.19. The van der Waals surface area contributed by atoms with Crippen molar-refractivity contribution in [3.8, 4) is 23.5 Å². The lowest BCUT2D eigenvalue weighted by atomic mass is 10.2. The summed E-state index contributed by atoms with van der Waals surface area (Å²) in [5, 5.41) is 13.5. The van der Waals surface area contributed by atoms with Crippen molar-refractivity contribution in [2.24, 2.45) is 0 Å². The van der Waals surface area contributed by atoms with Gasteiger partial charge in [0, 0.05) is 6.20 Å². The second kappa shape index (κ2) is 6.60. The van der Waals surface area contributed by atoms with E-state index in [4.69, 9.17) is 16.3 Å². The molecule has 0 unspecified atom stereocenters. The fourth-order valence-electron chi connectivity index (χ4n) is 1.95. The highest BCUT2D eigenvalue weighted by atomic mass is 35.5. The van der Waals surface area contributed by atoms with Crippen LogP contribution in [0.4, 0.5) is 8.78 Å². The van der Waals surface area contributed by atoms with E-state index in [0.29, 0.717) is 5.02 Å². The number of nitriles is 1. The second-order valence-electron chi connectivity index (χ2n) is 4.57. The molecule has 0 saturated carbocycles. The van der Waals surface area contributed by atoms with Gasteiger partial charge in [-0.1, -0.05) is 17.7 Å². The lowest BCUT2D eigenvalue weighted by molar-refractivity contribution is 0.151. The third-order valence-electron chi connectivity index (χ3n) is 3.00. The first-order chi connectivity index (χ1) is 11.6. The number of alkyl halides is 2. The van der Waals surface area contributed by atoms with Crippen LogP contribution < -0.4 is 4.74 Å². The highest BCUT2D eigenvalue weighted by molar-refractivity contribution is 6.30. The Morgan fingerprint density at radius 1 is 1.21 bits per heavy atom. The molecule has 1 aromatic carbocycles. The van der Waals surface area contributed by atoms with Gasteiger partial charge in [0.25, 0.3) is 6.43 Å². The minimum atomic E-state index is -2.67. The van der Waals surface area contributed by atoms with Gasteiger partial charge in [-0.15, -0.1) is 0 Å². The molecule has 6 nitrogen and oxygen atoms in total. The Morgan fingerprint density at radius 3 is 2.58 bits per heavy atom. The molecule has 3 aromatic rings. The van der Waals surface area contributed by atoms with Gasteiger partial charge in [0.15, 0.2) is 5.75 Å². The molecule has 0 atom stereocenters. The van der Waals surface area contributed by atoms with Crippen LogP contribution in [0.2, 0.25) is 5.02 Å². The molecule has 0 spiro atoms. The maximum atomic E-state index is 12.8. The maximum Gasteiger partial charge on any atom is 0.322 e. The number of ether oxygens (including phenoxy) is 1. The first-order valence-electron chi connectivity index (χ1n) is 6.60. The van der Waals surface area contributed by atoms with Gasteiger partial charge in [0.2, 0.25) is 0 Å². The van der Waals surface area contributed by atoms with Crippen LogP contribution in [0.1, 0.15) is 17.6 Å². The monoisotopic (exact) mass is 347 g/mol. The van der Waals surface area contributed by atoms with Gasteiger partial charge in [0.1, 0.15) is 11.8 Å². The summed E-state index contributed by atoms with van der Waals surface area (Å²) in [4.78, 5) is 7.80.